The Labute approximate surface area is 252 Å². The predicted octanol–water partition coefficient (Wildman–Crippen LogP) is 4.57. The highest BCUT2D eigenvalue weighted by Crippen LogP contribution is 2.42. The number of fused-ring (bicyclic) bond motifs is 3. The maximum atomic E-state index is 16.7. The van der Waals surface area contributed by atoms with E-state index in [-0.39, 0.29) is 52.6 Å². The maximum Gasteiger partial charge on any atom is 0.319 e. The van der Waals surface area contributed by atoms with Gasteiger partial charge in [-0.2, -0.15) is 9.97 Å². The first kappa shape index (κ1) is 28.6. The summed E-state index contributed by atoms with van der Waals surface area (Å²) in [4.78, 5) is 13.2. The Bertz CT molecular complexity index is 1810. The van der Waals surface area contributed by atoms with Crippen molar-refractivity contribution in [1.82, 2.24) is 14.9 Å². The summed E-state index contributed by atoms with van der Waals surface area (Å²) in [7, 11) is 0. The van der Waals surface area contributed by atoms with E-state index in [2.05, 4.69) is 15.8 Å². The minimum Gasteiger partial charge on any atom is -0.508 e. The number of aromatic nitrogens is 2. The molecule has 228 valence electrons. The Morgan fingerprint density at radius 1 is 1.11 bits per heavy atom. The zero-order valence-corrected chi connectivity index (χ0v) is 23.9. The van der Waals surface area contributed by atoms with Crippen LogP contribution in [0, 0.1) is 24.0 Å². The van der Waals surface area contributed by atoms with Crippen molar-refractivity contribution in [2.24, 2.45) is 0 Å². The molecule has 0 radical (unpaired) electrons. The fourth-order valence-electron chi connectivity index (χ4n) is 7.09. The highest BCUT2D eigenvalue weighted by atomic mass is 19.1. The molecule has 3 saturated heterocycles. The SMILES string of the molecule is C#Cc1c(F)ccc2cc(O)cc(-c3ccc4c(N5CCOC(CO)C5)nc(OCC56CCCN5CC(F)C6)nc4c3F)c12. The number of halogens is 3. The van der Waals surface area contributed by atoms with Crippen LogP contribution >= 0.6 is 0 Å². The summed E-state index contributed by atoms with van der Waals surface area (Å²) in [6, 6.07) is 8.62. The third-order valence-electron chi connectivity index (χ3n) is 9.13. The minimum absolute atomic E-state index is 0.0414. The smallest absolute Gasteiger partial charge is 0.319 e. The minimum atomic E-state index is -0.939. The number of phenols is 1. The van der Waals surface area contributed by atoms with Crippen LogP contribution in [0.4, 0.5) is 19.0 Å². The van der Waals surface area contributed by atoms with E-state index in [4.69, 9.17) is 20.9 Å². The van der Waals surface area contributed by atoms with Crippen LogP contribution in [0.1, 0.15) is 24.8 Å². The lowest BCUT2D eigenvalue weighted by atomic mass is 9.93. The van der Waals surface area contributed by atoms with Gasteiger partial charge in [0.1, 0.15) is 35.7 Å². The molecule has 3 aliphatic rings. The van der Waals surface area contributed by atoms with Gasteiger partial charge in [0.2, 0.25) is 0 Å². The monoisotopic (exact) mass is 604 g/mol. The molecule has 11 heteroatoms. The number of aliphatic hydroxyl groups is 1. The van der Waals surface area contributed by atoms with Gasteiger partial charge in [-0.05, 0) is 54.6 Å². The lowest BCUT2D eigenvalue weighted by Gasteiger charge is -2.34. The molecule has 3 aliphatic heterocycles. The molecule has 3 atom stereocenters. The average Bonchev–Trinajstić information content (AvgIpc) is 3.55. The van der Waals surface area contributed by atoms with Crippen LogP contribution in [-0.2, 0) is 4.74 Å². The molecule has 3 unspecified atom stereocenters. The van der Waals surface area contributed by atoms with Crippen LogP contribution in [-0.4, -0.2) is 88.9 Å². The lowest BCUT2D eigenvalue weighted by molar-refractivity contribution is 0.00339. The number of nitrogens with zero attached hydrogens (tertiary/aromatic N) is 4. The van der Waals surface area contributed by atoms with Crippen molar-refractivity contribution in [3.63, 3.8) is 0 Å². The quantitative estimate of drug-likeness (QED) is 0.310. The van der Waals surface area contributed by atoms with Gasteiger partial charge in [-0.15, -0.1) is 6.42 Å². The number of anilines is 1. The molecule has 0 saturated carbocycles. The molecule has 0 amide bonds. The van der Waals surface area contributed by atoms with E-state index in [0.29, 0.717) is 49.3 Å². The van der Waals surface area contributed by atoms with E-state index < -0.39 is 29.4 Å². The molecule has 0 aliphatic carbocycles. The molecule has 4 heterocycles. The van der Waals surface area contributed by atoms with E-state index in [9.17, 15) is 19.0 Å². The fraction of sp³-hybridized carbons (Fsp3) is 0.394. The fourth-order valence-corrected chi connectivity index (χ4v) is 7.09. The Morgan fingerprint density at radius 3 is 2.80 bits per heavy atom. The number of hydrogen-bond donors (Lipinski definition) is 2. The predicted molar refractivity (Wildman–Crippen MR) is 160 cm³/mol. The van der Waals surface area contributed by atoms with Gasteiger partial charge in [-0.3, -0.25) is 4.90 Å². The number of rotatable bonds is 6. The summed E-state index contributed by atoms with van der Waals surface area (Å²) < 4.78 is 57.7. The molecular weight excluding hydrogens is 573 g/mol. The molecule has 4 aromatic rings. The molecule has 7 rings (SSSR count). The van der Waals surface area contributed by atoms with E-state index in [1.54, 1.807) is 6.07 Å². The van der Waals surface area contributed by atoms with Crippen LogP contribution in [0.15, 0.2) is 36.4 Å². The molecule has 8 nitrogen and oxygen atoms in total. The van der Waals surface area contributed by atoms with Crippen LogP contribution < -0.4 is 9.64 Å². The molecular formula is C33H31F3N4O4. The number of aromatic hydroxyl groups is 1. The van der Waals surface area contributed by atoms with E-state index in [1.165, 1.54) is 30.3 Å². The average molecular weight is 605 g/mol. The van der Waals surface area contributed by atoms with Crippen molar-refractivity contribution in [1.29, 1.82) is 0 Å². The Kier molecular flexibility index (Phi) is 7.23. The van der Waals surface area contributed by atoms with Gasteiger partial charge in [0.15, 0.2) is 5.82 Å². The van der Waals surface area contributed by atoms with E-state index in [0.717, 1.165) is 19.4 Å². The second-order valence-corrected chi connectivity index (χ2v) is 11.8. The normalized spacial score (nSPS) is 23.8. The van der Waals surface area contributed by atoms with Gasteiger partial charge in [0.25, 0.3) is 0 Å². The zero-order valence-electron chi connectivity index (χ0n) is 23.9. The molecule has 0 spiro atoms. The second-order valence-electron chi connectivity index (χ2n) is 11.8. The number of alkyl halides is 1. The molecule has 2 N–H and O–H groups in total. The van der Waals surface area contributed by atoms with Crippen LogP contribution in [0.25, 0.3) is 32.8 Å². The summed E-state index contributed by atoms with van der Waals surface area (Å²) in [5.74, 6) is 1.27. The number of terminal acetylenes is 1. The van der Waals surface area contributed by atoms with Gasteiger partial charge >= 0.3 is 6.01 Å². The first-order valence-electron chi connectivity index (χ1n) is 14.7. The highest BCUT2D eigenvalue weighted by Gasteiger charge is 2.49. The van der Waals surface area contributed by atoms with Gasteiger partial charge in [0, 0.05) is 42.4 Å². The second kappa shape index (κ2) is 11.1. The number of morpholine rings is 1. The van der Waals surface area contributed by atoms with Crippen molar-refractivity contribution in [2.45, 2.75) is 37.1 Å². The standard InChI is InChI=1S/C33H31F3N4O4/c1-2-23-27(35)7-4-19-12-21(42)13-26(28(19)23)24-5-6-25-30(29(24)36)37-32(38-31(25)39-10-11-43-22(16-39)17-41)44-18-33-8-3-9-40(33)15-20(34)14-33/h1,4-7,12-13,20,22,41-42H,3,8-11,14-18H2. The van der Waals surface area contributed by atoms with Gasteiger partial charge in [0.05, 0.1) is 30.4 Å². The number of aliphatic hydroxyl groups excluding tert-OH is 1. The number of hydrogen-bond acceptors (Lipinski definition) is 8. The third-order valence-corrected chi connectivity index (χ3v) is 9.13. The summed E-state index contributed by atoms with van der Waals surface area (Å²) in [6.45, 7) is 2.20. The van der Waals surface area contributed by atoms with Crippen molar-refractivity contribution in [3.8, 4) is 35.2 Å². The Hall–Kier alpha value is -4.11. The van der Waals surface area contributed by atoms with Gasteiger partial charge < -0.3 is 24.6 Å². The summed E-state index contributed by atoms with van der Waals surface area (Å²) in [6.07, 6.45) is 6.34. The number of ether oxygens (including phenoxy) is 2. The zero-order chi connectivity index (χ0) is 30.6. The van der Waals surface area contributed by atoms with E-state index in [1.807, 2.05) is 4.90 Å². The summed E-state index contributed by atoms with van der Waals surface area (Å²) >= 11 is 0. The maximum absolute atomic E-state index is 16.7. The van der Waals surface area contributed by atoms with Crippen molar-refractivity contribution in [2.75, 3.05) is 50.9 Å². The van der Waals surface area contributed by atoms with Crippen LogP contribution in [0.5, 0.6) is 11.8 Å². The van der Waals surface area contributed by atoms with E-state index >= 15 is 4.39 Å². The van der Waals surface area contributed by atoms with Gasteiger partial charge in [-0.1, -0.05) is 18.1 Å². The first-order chi connectivity index (χ1) is 21.3. The topological polar surface area (TPSA) is 91.2 Å². The van der Waals surface area contributed by atoms with Crippen LogP contribution in [0.2, 0.25) is 0 Å². The molecule has 0 bridgehead atoms. The molecule has 44 heavy (non-hydrogen) atoms. The lowest BCUT2D eigenvalue weighted by Crippen LogP contribution is -2.45. The Morgan fingerprint density at radius 2 is 1.98 bits per heavy atom. The summed E-state index contributed by atoms with van der Waals surface area (Å²) in [5.41, 5.74) is -0.282. The first-order valence-corrected chi connectivity index (χ1v) is 14.7. The van der Waals surface area contributed by atoms with Crippen molar-refractivity contribution < 1.29 is 32.9 Å². The van der Waals surface area contributed by atoms with Gasteiger partial charge in [-0.25, -0.2) is 13.2 Å². The van der Waals surface area contributed by atoms with Crippen molar-refractivity contribution in [3.05, 3.63) is 53.6 Å². The molecule has 1 aromatic heterocycles. The number of benzene rings is 3. The number of phenolic OH excluding ortho intramolecular Hbond substituents is 1. The van der Waals surface area contributed by atoms with Crippen LogP contribution in [0.3, 0.4) is 0 Å². The Balaban J connectivity index is 1.38. The molecule has 3 fully saturated rings. The highest BCUT2D eigenvalue weighted by molar-refractivity contribution is 6.04. The summed E-state index contributed by atoms with van der Waals surface area (Å²) in [5, 5.41) is 21.4. The van der Waals surface area contributed by atoms with Crippen molar-refractivity contribution >= 4 is 27.5 Å². The molecule has 3 aromatic carbocycles. The largest absolute Gasteiger partial charge is 0.508 e. The third kappa shape index (κ3) is 4.78.